The maximum atomic E-state index is 13.9. The molecule has 0 spiro atoms. The zero-order chi connectivity index (χ0) is 21.8. The molecule has 4 rings (SSSR count). The third-order valence-electron chi connectivity index (χ3n) is 4.81. The van der Waals surface area contributed by atoms with Crippen LogP contribution in [0.1, 0.15) is 20.7 Å². The highest BCUT2D eigenvalue weighted by Crippen LogP contribution is 2.25. The van der Waals surface area contributed by atoms with Gasteiger partial charge >= 0.3 is 5.97 Å². The first-order chi connectivity index (χ1) is 15.1. The Balaban J connectivity index is 1.60. The Labute approximate surface area is 178 Å². The van der Waals surface area contributed by atoms with E-state index in [0.29, 0.717) is 22.2 Å². The van der Waals surface area contributed by atoms with Gasteiger partial charge in [-0.05, 0) is 30.3 Å². The van der Waals surface area contributed by atoms with Gasteiger partial charge in [0.1, 0.15) is 0 Å². The summed E-state index contributed by atoms with van der Waals surface area (Å²) >= 11 is 0. The molecule has 0 saturated carbocycles. The van der Waals surface area contributed by atoms with Crippen LogP contribution in [0.25, 0.3) is 22.2 Å². The first kappa shape index (κ1) is 20.2. The van der Waals surface area contributed by atoms with Gasteiger partial charge in [0.15, 0.2) is 24.0 Å². The van der Waals surface area contributed by atoms with E-state index in [2.05, 4.69) is 4.98 Å². The van der Waals surface area contributed by atoms with Gasteiger partial charge < -0.3 is 9.47 Å². The van der Waals surface area contributed by atoms with Crippen molar-refractivity contribution in [3.05, 3.63) is 95.8 Å². The van der Waals surface area contributed by atoms with Crippen LogP contribution < -0.4 is 4.74 Å². The predicted octanol–water partition coefficient (Wildman–Crippen LogP) is 5.09. The third-order valence-corrected chi connectivity index (χ3v) is 4.81. The quantitative estimate of drug-likeness (QED) is 0.324. The summed E-state index contributed by atoms with van der Waals surface area (Å²) in [5.41, 5.74) is 2.51. The van der Waals surface area contributed by atoms with Gasteiger partial charge in [-0.15, -0.1) is 0 Å². The minimum atomic E-state index is -0.660. The summed E-state index contributed by atoms with van der Waals surface area (Å²) in [7, 11) is 1.34. The van der Waals surface area contributed by atoms with Crippen LogP contribution in [0.15, 0.2) is 78.9 Å². The molecule has 0 aliphatic heterocycles. The molecule has 154 valence electrons. The third kappa shape index (κ3) is 4.28. The van der Waals surface area contributed by atoms with Crippen molar-refractivity contribution in [2.75, 3.05) is 13.7 Å². The monoisotopic (exact) mass is 415 g/mol. The predicted molar refractivity (Wildman–Crippen MR) is 115 cm³/mol. The second-order valence-electron chi connectivity index (χ2n) is 6.79. The van der Waals surface area contributed by atoms with Crippen LogP contribution in [0.4, 0.5) is 4.39 Å². The van der Waals surface area contributed by atoms with E-state index in [1.165, 1.54) is 19.2 Å². The molecule has 3 aromatic carbocycles. The first-order valence-electron chi connectivity index (χ1n) is 9.56. The van der Waals surface area contributed by atoms with Gasteiger partial charge in [-0.2, -0.15) is 0 Å². The van der Waals surface area contributed by atoms with E-state index in [9.17, 15) is 14.0 Å². The lowest BCUT2D eigenvalue weighted by atomic mass is 10.0. The molecule has 0 atom stereocenters. The highest BCUT2D eigenvalue weighted by Gasteiger charge is 2.18. The van der Waals surface area contributed by atoms with Crippen LogP contribution in [0, 0.1) is 5.82 Å². The van der Waals surface area contributed by atoms with Crippen molar-refractivity contribution in [2.45, 2.75) is 0 Å². The van der Waals surface area contributed by atoms with Crippen LogP contribution in [-0.4, -0.2) is 30.5 Å². The summed E-state index contributed by atoms with van der Waals surface area (Å²) in [5.74, 6) is -1.80. The maximum Gasteiger partial charge on any atom is 0.339 e. The second-order valence-corrected chi connectivity index (χ2v) is 6.79. The second kappa shape index (κ2) is 8.75. The number of hydrogen-bond acceptors (Lipinski definition) is 5. The summed E-state index contributed by atoms with van der Waals surface area (Å²) in [6.07, 6.45) is 0. The number of para-hydroxylation sites is 1. The Morgan fingerprint density at radius 1 is 0.935 bits per heavy atom. The number of esters is 1. The minimum Gasteiger partial charge on any atom is -0.494 e. The van der Waals surface area contributed by atoms with E-state index in [4.69, 9.17) is 9.47 Å². The Bertz CT molecular complexity index is 1270. The van der Waals surface area contributed by atoms with Crippen LogP contribution in [0.5, 0.6) is 5.75 Å². The van der Waals surface area contributed by atoms with Gasteiger partial charge in [-0.1, -0.05) is 48.5 Å². The fraction of sp³-hybridized carbons (Fsp3) is 0.0800. The molecule has 4 aromatic rings. The van der Waals surface area contributed by atoms with Crippen molar-refractivity contribution in [1.82, 2.24) is 4.98 Å². The van der Waals surface area contributed by atoms with Gasteiger partial charge in [0.2, 0.25) is 0 Å². The molecule has 0 unspecified atom stereocenters. The largest absolute Gasteiger partial charge is 0.494 e. The van der Waals surface area contributed by atoms with Crippen molar-refractivity contribution in [3.8, 4) is 17.0 Å². The number of aromatic nitrogens is 1. The molecule has 0 aliphatic carbocycles. The van der Waals surface area contributed by atoms with E-state index in [0.717, 1.165) is 11.6 Å². The van der Waals surface area contributed by atoms with Crippen LogP contribution in [-0.2, 0) is 4.74 Å². The number of nitrogens with zero attached hydrogens (tertiary/aromatic N) is 1. The topological polar surface area (TPSA) is 65.5 Å². The fourth-order valence-electron chi connectivity index (χ4n) is 3.23. The zero-order valence-corrected chi connectivity index (χ0v) is 16.7. The van der Waals surface area contributed by atoms with Crippen LogP contribution in [0.3, 0.4) is 0 Å². The molecule has 0 bridgehead atoms. The van der Waals surface area contributed by atoms with E-state index < -0.39 is 24.2 Å². The molecule has 31 heavy (non-hydrogen) atoms. The van der Waals surface area contributed by atoms with Crippen molar-refractivity contribution >= 4 is 22.7 Å². The standard InChI is InChI=1S/C25H18FNO4/c1-30-24-12-11-17(13-20(24)26)23(28)15-31-25(29)19-14-22(16-7-3-2-4-8-16)27-21-10-6-5-9-18(19)21/h2-14H,15H2,1H3. The molecule has 0 fully saturated rings. The fourth-order valence-corrected chi connectivity index (χ4v) is 3.23. The molecular formula is C25H18FNO4. The highest BCUT2D eigenvalue weighted by atomic mass is 19.1. The van der Waals surface area contributed by atoms with E-state index in [1.54, 1.807) is 18.2 Å². The number of rotatable bonds is 6. The molecular weight excluding hydrogens is 397 g/mol. The number of halogens is 1. The Morgan fingerprint density at radius 2 is 1.68 bits per heavy atom. The molecule has 0 N–H and O–H groups in total. The number of Topliss-reactive ketones (excluding diaryl/α,β-unsaturated/α-hetero) is 1. The average Bonchev–Trinajstić information content (AvgIpc) is 2.82. The van der Waals surface area contributed by atoms with Crippen molar-refractivity contribution in [1.29, 1.82) is 0 Å². The first-order valence-corrected chi connectivity index (χ1v) is 9.56. The van der Waals surface area contributed by atoms with Crippen molar-refractivity contribution in [2.24, 2.45) is 0 Å². The summed E-state index contributed by atoms with van der Waals surface area (Å²) < 4.78 is 24.0. The molecule has 0 aliphatic rings. The molecule has 6 heteroatoms. The maximum absolute atomic E-state index is 13.9. The van der Waals surface area contributed by atoms with Gasteiger partial charge in [-0.25, -0.2) is 14.2 Å². The number of carbonyl (C=O) groups is 2. The molecule has 5 nitrogen and oxygen atoms in total. The number of methoxy groups -OCH3 is 1. The SMILES string of the molecule is COc1ccc(C(=O)COC(=O)c2cc(-c3ccccc3)nc3ccccc23)cc1F. The number of benzene rings is 3. The zero-order valence-electron chi connectivity index (χ0n) is 16.7. The molecule has 0 saturated heterocycles. The van der Waals surface area contributed by atoms with Gasteiger partial charge in [-0.3, -0.25) is 4.79 Å². The normalized spacial score (nSPS) is 10.6. The average molecular weight is 415 g/mol. The molecule has 0 amide bonds. The lowest BCUT2D eigenvalue weighted by Crippen LogP contribution is -2.15. The number of carbonyl (C=O) groups excluding carboxylic acids is 2. The number of ketones is 1. The van der Waals surface area contributed by atoms with E-state index >= 15 is 0 Å². The van der Waals surface area contributed by atoms with E-state index in [1.807, 2.05) is 42.5 Å². The van der Waals surface area contributed by atoms with Gasteiger partial charge in [0, 0.05) is 16.5 Å². The van der Waals surface area contributed by atoms with Crippen LogP contribution in [0.2, 0.25) is 0 Å². The lowest BCUT2D eigenvalue weighted by molar-refractivity contribution is 0.0476. The summed E-state index contributed by atoms with van der Waals surface area (Å²) in [6, 6.07) is 22.2. The van der Waals surface area contributed by atoms with Gasteiger partial charge in [0.05, 0.1) is 23.9 Å². The lowest BCUT2D eigenvalue weighted by Gasteiger charge is -2.10. The van der Waals surface area contributed by atoms with Gasteiger partial charge in [0.25, 0.3) is 0 Å². The Kier molecular flexibility index (Phi) is 5.71. The molecule has 1 heterocycles. The number of pyridine rings is 1. The summed E-state index contributed by atoms with van der Waals surface area (Å²) in [4.78, 5) is 29.9. The summed E-state index contributed by atoms with van der Waals surface area (Å²) in [6.45, 7) is -0.512. The van der Waals surface area contributed by atoms with E-state index in [-0.39, 0.29) is 11.3 Å². The number of hydrogen-bond donors (Lipinski definition) is 0. The van der Waals surface area contributed by atoms with Crippen molar-refractivity contribution in [3.63, 3.8) is 0 Å². The minimum absolute atomic E-state index is 0.0326. The number of ether oxygens (including phenoxy) is 2. The summed E-state index contributed by atoms with van der Waals surface area (Å²) in [5, 5.41) is 0.620. The Morgan fingerprint density at radius 3 is 2.42 bits per heavy atom. The molecule has 0 radical (unpaired) electrons. The molecule has 1 aromatic heterocycles. The number of fused-ring (bicyclic) bond motifs is 1. The van der Waals surface area contributed by atoms with Crippen LogP contribution >= 0.6 is 0 Å². The van der Waals surface area contributed by atoms with Crippen molar-refractivity contribution < 1.29 is 23.5 Å². The highest BCUT2D eigenvalue weighted by molar-refractivity contribution is 6.06. The smallest absolute Gasteiger partial charge is 0.339 e. The Hall–Kier alpha value is -4.06.